The van der Waals surface area contributed by atoms with Gasteiger partial charge in [0.15, 0.2) is 6.01 Å². The van der Waals surface area contributed by atoms with Crippen LogP contribution in [0.1, 0.15) is 5.56 Å². The number of nitrogens with one attached hydrogen (secondary N) is 1. The average Bonchev–Trinajstić information content (AvgIpc) is 2.48. The highest BCUT2D eigenvalue weighted by atomic mass is 32.3. The van der Waals surface area contributed by atoms with Crippen molar-refractivity contribution in [1.29, 1.82) is 0 Å². The maximum absolute atomic E-state index is 13.2. The van der Waals surface area contributed by atoms with Crippen LogP contribution in [0.25, 0.3) is 0 Å². The van der Waals surface area contributed by atoms with Gasteiger partial charge in [0, 0.05) is 15.0 Å². The Labute approximate surface area is 124 Å². The van der Waals surface area contributed by atoms with Gasteiger partial charge >= 0.3 is 0 Å². The van der Waals surface area contributed by atoms with Crippen LogP contribution >= 0.6 is 0 Å². The molecule has 0 heterocycles. The quantitative estimate of drug-likeness (QED) is 0.827. The molecule has 2 aromatic rings. The second-order valence-corrected chi connectivity index (χ2v) is 9.05. The van der Waals surface area contributed by atoms with Gasteiger partial charge in [-0.1, -0.05) is 35.9 Å². The van der Waals surface area contributed by atoms with Crippen molar-refractivity contribution >= 4 is 20.1 Å². The maximum atomic E-state index is 13.2. The van der Waals surface area contributed by atoms with Gasteiger partial charge in [0.25, 0.3) is 0 Å². The Balaban J connectivity index is 2.38. The third-order valence-electron chi connectivity index (χ3n) is 2.94. The molecule has 114 valence electrons. The van der Waals surface area contributed by atoms with Gasteiger partial charge in [0.2, 0.25) is 10.0 Å². The van der Waals surface area contributed by atoms with Gasteiger partial charge in [-0.2, -0.15) is 0 Å². The van der Waals surface area contributed by atoms with Crippen molar-refractivity contribution in [2.75, 3.05) is 6.01 Å². The average molecular weight is 329 g/mol. The van der Waals surface area contributed by atoms with E-state index < -0.39 is 26.1 Å². The molecule has 2 aromatic carbocycles. The van der Waals surface area contributed by atoms with Crippen molar-refractivity contribution in [1.82, 2.24) is 4.13 Å². The largest absolute Gasteiger partial charge is 0.263 e. The van der Waals surface area contributed by atoms with Crippen LogP contribution in [-0.4, -0.2) is 18.6 Å². The topological polar surface area (TPSA) is 63.2 Å². The highest BCUT2D eigenvalue weighted by molar-refractivity contribution is 8.11. The summed E-state index contributed by atoms with van der Waals surface area (Å²) in [6, 6.07) is 12.5. The molecule has 0 fully saturated rings. The first-order valence-corrected chi connectivity index (χ1v) is 9.56. The molecule has 7 heteroatoms. The van der Waals surface area contributed by atoms with Gasteiger partial charge in [0.05, 0.1) is 4.90 Å². The van der Waals surface area contributed by atoms with Crippen LogP contribution in [0.15, 0.2) is 64.4 Å². The van der Waals surface area contributed by atoms with E-state index in [1.807, 2.05) is 11.1 Å². The molecule has 0 unspecified atom stereocenters. The van der Waals surface area contributed by atoms with Crippen LogP contribution in [-0.2, 0) is 20.1 Å². The molecule has 0 aliphatic carbocycles. The monoisotopic (exact) mass is 329 g/mol. The van der Waals surface area contributed by atoms with E-state index in [-0.39, 0.29) is 9.79 Å². The lowest BCUT2D eigenvalue weighted by Crippen LogP contribution is -2.37. The van der Waals surface area contributed by atoms with E-state index in [1.165, 1.54) is 24.3 Å². The number of benzene rings is 2. The van der Waals surface area contributed by atoms with E-state index in [0.29, 0.717) is 0 Å². The summed E-state index contributed by atoms with van der Waals surface area (Å²) in [4.78, 5) is 0.0980. The Morgan fingerprint density at radius 1 is 1.05 bits per heavy atom. The Morgan fingerprint density at radius 2 is 1.62 bits per heavy atom. The van der Waals surface area contributed by atoms with E-state index >= 15 is 0 Å². The van der Waals surface area contributed by atoms with Gasteiger partial charge in [-0.15, -0.1) is 4.13 Å². The SMILES string of the molecule is Cc1ccc(S(=O)(=O)N[SH](=O)(CF)c2ccccc2)cc1. The normalized spacial score (nSPS) is 13.0. The van der Waals surface area contributed by atoms with Crippen molar-refractivity contribution in [3.63, 3.8) is 0 Å². The number of rotatable bonds is 5. The highest BCUT2D eigenvalue weighted by Gasteiger charge is 2.25. The third-order valence-corrected chi connectivity index (χ3v) is 7.44. The molecule has 0 aliphatic rings. The smallest absolute Gasteiger partial charge is 0.250 e. The first-order chi connectivity index (χ1) is 9.87. The van der Waals surface area contributed by atoms with E-state index in [1.54, 1.807) is 30.3 Å². The van der Waals surface area contributed by atoms with Crippen LogP contribution in [0.2, 0.25) is 0 Å². The molecular formula is C14H16FNO3S2. The fourth-order valence-electron chi connectivity index (χ4n) is 1.78. The summed E-state index contributed by atoms with van der Waals surface area (Å²) in [7, 11) is -7.90. The van der Waals surface area contributed by atoms with Crippen molar-refractivity contribution in [3.05, 3.63) is 60.2 Å². The molecule has 1 N–H and O–H groups in total. The molecule has 2 rings (SSSR count). The molecular weight excluding hydrogens is 313 g/mol. The van der Waals surface area contributed by atoms with Gasteiger partial charge in [-0.3, -0.25) is 4.21 Å². The minimum atomic E-state index is -4.05. The van der Waals surface area contributed by atoms with Crippen molar-refractivity contribution in [2.45, 2.75) is 16.7 Å². The maximum Gasteiger partial charge on any atom is 0.250 e. The molecule has 0 amide bonds. The van der Waals surface area contributed by atoms with Crippen molar-refractivity contribution in [2.24, 2.45) is 0 Å². The van der Waals surface area contributed by atoms with Gasteiger partial charge in [-0.05, 0) is 31.2 Å². The molecule has 0 aromatic heterocycles. The van der Waals surface area contributed by atoms with Gasteiger partial charge < -0.3 is 0 Å². The Hall–Kier alpha value is -1.57. The van der Waals surface area contributed by atoms with E-state index in [4.69, 9.17) is 0 Å². The molecule has 0 atom stereocenters. The first kappa shape index (κ1) is 15.8. The molecule has 0 radical (unpaired) electrons. The second kappa shape index (κ2) is 6.05. The highest BCUT2D eigenvalue weighted by Crippen LogP contribution is 2.20. The summed E-state index contributed by atoms with van der Waals surface area (Å²) in [5, 5.41) is 0. The van der Waals surface area contributed by atoms with Crippen LogP contribution < -0.4 is 4.13 Å². The number of thiol groups is 1. The molecule has 4 nitrogen and oxygen atoms in total. The number of hydrogen-bond donors (Lipinski definition) is 2. The molecule has 0 saturated carbocycles. The minimum Gasteiger partial charge on any atom is -0.263 e. The predicted molar refractivity (Wildman–Crippen MR) is 81.7 cm³/mol. The number of sulfonamides is 1. The number of halogens is 1. The number of hydrogen-bond acceptors (Lipinski definition) is 3. The van der Waals surface area contributed by atoms with Gasteiger partial charge in [-0.25, -0.2) is 12.8 Å². The lowest BCUT2D eigenvalue weighted by atomic mass is 10.2. The lowest BCUT2D eigenvalue weighted by molar-refractivity contribution is 0.563. The summed E-state index contributed by atoms with van der Waals surface area (Å²) in [5.74, 6) is 0. The Bertz CT molecular complexity index is 759. The summed E-state index contributed by atoms with van der Waals surface area (Å²) < 4.78 is 52.3. The van der Waals surface area contributed by atoms with Crippen molar-refractivity contribution in [3.8, 4) is 0 Å². The van der Waals surface area contributed by atoms with Crippen LogP contribution in [0.3, 0.4) is 0 Å². The summed E-state index contributed by atoms with van der Waals surface area (Å²) in [5.41, 5.74) is 0.894. The minimum absolute atomic E-state index is 0.0438. The Morgan fingerprint density at radius 3 is 2.14 bits per heavy atom. The van der Waals surface area contributed by atoms with Crippen LogP contribution in [0, 0.1) is 6.92 Å². The molecule has 0 bridgehead atoms. The third kappa shape index (κ3) is 3.55. The number of aryl methyl sites for hydroxylation is 1. The van der Waals surface area contributed by atoms with Crippen LogP contribution in [0.5, 0.6) is 0 Å². The van der Waals surface area contributed by atoms with Crippen LogP contribution in [0.4, 0.5) is 4.39 Å². The van der Waals surface area contributed by atoms with Crippen molar-refractivity contribution < 1.29 is 17.0 Å². The molecule has 0 saturated heterocycles. The van der Waals surface area contributed by atoms with E-state index in [9.17, 15) is 17.0 Å². The standard InChI is InChI=1S/C14H16FNO3S2/c1-12-7-9-14(10-8-12)21(18,19)16-20(17,11-15)13-5-3-2-4-6-13/h2-10,20H,11H2,1H3,(H,16,17). The van der Waals surface area contributed by atoms with Gasteiger partial charge in [0.1, 0.15) is 0 Å². The number of alkyl halides is 1. The fraction of sp³-hybridized carbons (Fsp3) is 0.143. The first-order valence-electron chi connectivity index (χ1n) is 6.19. The zero-order valence-corrected chi connectivity index (χ0v) is 13.1. The summed E-state index contributed by atoms with van der Waals surface area (Å²) in [6.07, 6.45) is 0. The Kier molecular flexibility index (Phi) is 4.55. The molecule has 0 spiro atoms. The zero-order valence-electron chi connectivity index (χ0n) is 11.4. The summed E-state index contributed by atoms with van der Waals surface area (Å²) in [6.45, 7) is 1.82. The van der Waals surface area contributed by atoms with E-state index in [2.05, 4.69) is 0 Å². The summed E-state index contributed by atoms with van der Waals surface area (Å²) >= 11 is 0. The fourth-order valence-corrected chi connectivity index (χ4v) is 5.66. The molecule has 21 heavy (non-hydrogen) atoms. The van der Waals surface area contributed by atoms with E-state index in [0.717, 1.165) is 5.56 Å². The zero-order chi connectivity index (χ0) is 15.5. The predicted octanol–water partition coefficient (Wildman–Crippen LogP) is 2.19. The lowest BCUT2D eigenvalue weighted by Gasteiger charge is -2.22. The molecule has 0 aliphatic heterocycles. The second-order valence-electron chi connectivity index (χ2n) is 4.60.